The Labute approximate surface area is 117 Å². The van der Waals surface area contributed by atoms with Crippen LogP contribution in [0.5, 0.6) is 0 Å². The van der Waals surface area contributed by atoms with Gasteiger partial charge in [0, 0.05) is 10.0 Å². The lowest BCUT2D eigenvalue weighted by Gasteiger charge is -2.03. The molecule has 0 radical (unpaired) electrons. The molecule has 4 nitrogen and oxygen atoms in total. The van der Waals surface area contributed by atoms with Gasteiger partial charge in [-0.05, 0) is 36.8 Å². The standard InChI is InChI=1S/C12H8BrClN4/c1-7-2-3-8(9(13)6-7)12-16-15-11-5-4-10(14)17-18(11)12/h2-6H,1H3. The summed E-state index contributed by atoms with van der Waals surface area (Å²) in [6.07, 6.45) is 0. The molecule has 0 aliphatic carbocycles. The highest BCUT2D eigenvalue weighted by Crippen LogP contribution is 2.27. The fraction of sp³-hybridized carbons (Fsp3) is 0.0833. The first-order valence-electron chi connectivity index (χ1n) is 5.29. The van der Waals surface area contributed by atoms with Crippen LogP contribution in [0.4, 0.5) is 0 Å². The summed E-state index contributed by atoms with van der Waals surface area (Å²) in [5, 5.41) is 12.9. The van der Waals surface area contributed by atoms with Crippen molar-refractivity contribution < 1.29 is 0 Å². The summed E-state index contributed by atoms with van der Waals surface area (Å²) >= 11 is 9.43. The van der Waals surface area contributed by atoms with E-state index in [-0.39, 0.29) is 0 Å². The molecule has 3 aromatic rings. The van der Waals surface area contributed by atoms with Crippen LogP contribution in [0.3, 0.4) is 0 Å². The Kier molecular flexibility index (Phi) is 2.80. The third-order valence-electron chi connectivity index (χ3n) is 2.60. The van der Waals surface area contributed by atoms with Crippen molar-refractivity contribution in [1.29, 1.82) is 0 Å². The number of aromatic nitrogens is 4. The number of fused-ring (bicyclic) bond motifs is 1. The number of hydrogen-bond acceptors (Lipinski definition) is 3. The van der Waals surface area contributed by atoms with E-state index in [9.17, 15) is 0 Å². The Morgan fingerprint density at radius 1 is 1.17 bits per heavy atom. The third-order valence-corrected chi connectivity index (χ3v) is 3.45. The lowest BCUT2D eigenvalue weighted by atomic mass is 10.1. The molecule has 2 heterocycles. The smallest absolute Gasteiger partial charge is 0.186 e. The topological polar surface area (TPSA) is 43.1 Å². The Hall–Kier alpha value is -1.46. The molecule has 0 saturated carbocycles. The predicted octanol–water partition coefficient (Wildman–Crippen LogP) is 3.52. The normalized spacial score (nSPS) is 11.1. The summed E-state index contributed by atoms with van der Waals surface area (Å²) in [6.45, 7) is 2.03. The minimum atomic E-state index is 0.409. The van der Waals surface area contributed by atoms with Gasteiger partial charge in [-0.25, -0.2) is 0 Å². The van der Waals surface area contributed by atoms with E-state index < -0.39 is 0 Å². The van der Waals surface area contributed by atoms with E-state index in [1.165, 1.54) is 5.56 Å². The van der Waals surface area contributed by atoms with Gasteiger partial charge in [0.15, 0.2) is 11.5 Å². The van der Waals surface area contributed by atoms with Gasteiger partial charge >= 0.3 is 0 Å². The van der Waals surface area contributed by atoms with E-state index in [0.29, 0.717) is 16.6 Å². The molecule has 0 fully saturated rings. The fourth-order valence-electron chi connectivity index (χ4n) is 1.74. The molecule has 3 rings (SSSR count). The van der Waals surface area contributed by atoms with Crippen LogP contribution in [0.1, 0.15) is 5.56 Å². The second-order valence-corrected chi connectivity index (χ2v) is 5.17. The first kappa shape index (κ1) is 11.6. The Morgan fingerprint density at radius 2 is 2.00 bits per heavy atom. The van der Waals surface area contributed by atoms with Gasteiger partial charge in [-0.15, -0.1) is 10.2 Å². The van der Waals surface area contributed by atoms with Crippen LogP contribution in [0.25, 0.3) is 17.0 Å². The Morgan fingerprint density at radius 3 is 2.78 bits per heavy atom. The van der Waals surface area contributed by atoms with Gasteiger partial charge in [-0.2, -0.15) is 9.61 Å². The quantitative estimate of drug-likeness (QED) is 0.688. The van der Waals surface area contributed by atoms with Crippen molar-refractivity contribution >= 4 is 33.2 Å². The van der Waals surface area contributed by atoms with Gasteiger partial charge in [0.05, 0.1) is 0 Å². The molecule has 0 bridgehead atoms. The lowest BCUT2D eigenvalue weighted by molar-refractivity contribution is 0.935. The van der Waals surface area contributed by atoms with Gasteiger partial charge in [0.25, 0.3) is 0 Å². The Balaban J connectivity index is 2.28. The summed E-state index contributed by atoms with van der Waals surface area (Å²) in [4.78, 5) is 0. The monoisotopic (exact) mass is 322 g/mol. The summed E-state index contributed by atoms with van der Waals surface area (Å²) in [5.74, 6) is 0.666. The van der Waals surface area contributed by atoms with E-state index in [1.54, 1.807) is 16.6 Å². The lowest BCUT2D eigenvalue weighted by Crippen LogP contribution is -1.95. The second-order valence-electron chi connectivity index (χ2n) is 3.93. The molecule has 6 heteroatoms. The molecule has 0 aliphatic rings. The average Bonchev–Trinajstić information content (AvgIpc) is 2.72. The number of hydrogen-bond donors (Lipinski definition) is 0. The molecule has 0 spiro atoms. The molecular formula is C12H8BrClN4. The molecule has 0 atom stereocenters. The minimum absolute atomic E-state index is 0.409. The predicted molar refractivity (Wildman–Crippen MR) is 73.7 cm³/mol. The van der Waals surface area contributed by atoms with Gasteiger partial charge in [0.2, 0.25) is 0 Å². The van der Waals surface area contributed by atoms with Crippen LogP contribution in [0.2, 0.25) is 5.15 Å². The van der Waals surface area contributed by atoms with Crippen molar-refractivity contribution in [3.05, 3.63) is 45.5 Å². The molecule has 18 heavy (non-hydrogen) atoms. The fourth-order valence-corrected chi connectivity index (χ4v) is 2.55. The molecule has 0 amide bonds. The van der Waals surface area contributed by atoms with Crippen molar-refractivity contribution in [3.63, 3.8) is 0 Å². The molecule has 0 N–H and O–H groups in total. The van der Waals surface area contributed by atoms with Crippen LogP contribution >= 0.6 is 27.5 Å². The number of benzene rings is 1. The zero-order chi connectivity index (χ0) is 12.7. The van der Waals surface area contributed by atoms with Gasteiger partial charge in [-0.3, -0.25) is 0 Å². The first-order chi connectivity index (χ1) is 8.65. The van der Waals surface area contributed by atoms with Crippen LogP contribution in [-0.2, 0) is 0 Å². The highest BCUT2D eigenvalue weighted by molar-refractivity contribution is 9.10. The van der Waals surface area contributed by atoms with E-state index in [0.717, 1.165) is 10.0 Å². The SMILES string of the molecule is Cc1ccc(-c2nnc3ccc(Cl)nn23)c(Br)c1. The number of halogens is 2. The minimum Gasteiger partial charge on any atom is -0.191 e. The highest BCUT2D eigenvalue weighted by Gasteiger charge is 2.12. The maximum Gasteiger partial charge on any atom is 0.186 e. The molecule has 0 saturated heterocycles. The van der Waals surface area contributed by atoms with Gasteiger partial charge in [0.1, 0.15) is 5.15 Å². The zero-order valence-electron chi connectivity index (χ0n) is 9.43. The van der Waals surface area contributed by atoms with E-state index in [2.05, 4.69) is 31.2 Å². The number of nitrogens with zero attached hydrogens (tertiary/aromatic N) is 4. The first-order valence-corrected chi connectivity index (χ1v) is 6.47. The van der Waals surface area contributed by atoms with Gasteiger partial charge in [-0.1, -0.05) is 33.6 Å². The highest BCUT2D eigenvalue weighted by atomic mass is 79.9. The molecule has 0 unspecified atom stereocenters. The zero-order valence-corrected chi connectivity index (χ0v) is 11.8. The number of rotatable bonds is 1. The maximum atomic E-state index is 5.90. The summed E-state index contributed by atoms with van der Waals surface area (Å²) in [5.41, 5.74) is 2.77. The van der Waals surface area contributed by atoms with Crippen LogP contribution in [0, 0.1) is 6.92 Å². The van der Waals surface area contributed by atoms with Crippen LogP contribution < -0.4 is 0 Å². The van der Waals surface area contributed by atoms with Crippen molar-refractivity contribution in [2.45, 2.75) is 6.92 Å². The largest absolute Gasteiger partial charge is 0.191 e. The van der Waals surface area contributed by atoms with Crippen LogP contribution in [0.15, 0.2) is 34.8 Å². The third kappa shape index (κ3) is 1.89. The molecule has 90 valence electrons. The van der Waals surface area contributed by atoms with E-state index >= 15 is 0 Å². The van der Waals surface area contributed by atoms with Crippen LogP contribution in [-0.4, -0.2) is 19.8 Å². The summed E-state index contributed by atoms with van der Waals surface area (Å²) in [7, 11) is 0. The molecule has 0 aliphatic heterocycles. The van der Waals surface area contributed by atoms with Crippen molar-refractivity contribution in [2.24, 2.45) is 0 Å². The summed E-state index contributed by atoms with van der Waals surface area (Å²) < 4.78 is 2.59. The second kappa shape index (κ2) is 4.33. The molecular weight excluding hydrogens is 316 g/mol. The maximum absolute atomic E-state index is 5.90. The van der Waals surface area contributed by atoms with E-state index in [1.807, 2.05) is 25.1 Å². The molecule has 1 aromatic carbocycles. The van der Waals surface area contributed by atoms with E-state index in [4.69, 9.17) is 11.6 Å². The summed E-state index contributed by atoms with van der Waals surface area (Å²) in [6, 6.07) is 9.51. The van der Waals surface area contributed by atoms with Crippen molar-refractivity contribution in [1.82, 2.24) is 19.8 Å². The molecule has 2 aromatic heterocycles. The van der Waals surface area contributed by atoms with Gasteiger partial charge < -0.3 is 0 Å². The average molecular weight is 324 g/mol. The Bertz CT molecular complexity index is 738. The number of aryl methyl sites for hydroxylation is 1. The van der Waals surface area contributed by atoms with Crippen molar-refractivity contribution in [3.8, 4) is 11.4 Å². The van der Waals surface area contributed by atoms with Crippen molar-refractivity contribution in [2.75, 3.05) is 0 Å².